The molecule has 1 unspecified atom stereocenters. The summed E-state index contributed by atoms with van der Waals surface area (Å²) in [5.41, 5.74) is 0.873. The average molecular weight is 456 g/mol. The summed E-state index contributed by atoms with van der Waals surface area (Å²) in [5, 5.41) is 3.03. The first kappa shape index (κ1) is 22.4. The number of nitrogens with zero attached hydrogens (tertiary/aromatic N) is 3. The molecule has 9 heteroatoms. The predicted octanol–water partition coefficient (Wildman–Crippen LogP) is 3.45. The van der Waals surface area contributed by atoms with Gasteiger partial charge in [-0.3, -0.25) is 9.36 Å². The molecule has 1 aliphatic carbocycles. The van der Waals surface area contributed by atoms with Gasteiger partial charge in [0.2, 0.25) is 5.91 Å². The minimum absolute atomic E-state index is 0.0145. The van der Waals surface area contributed by atoms with Crippen LogP contribution in [0.3, 0.4) is 0 Å². The monoisotopic (exact) mass is 455 g/mol. The topological polar surface area (TPSA) is 94.9 Å². The fourth-order valence-corrected chi connectivity index (χ4v) is 4.90. The number of rotatable bonds is 7. The number of amides is 1. The standard InChI is InChI=1S/C23H26FN5O2S/c1-16(17-2-6-19(24)7-3-17)27-23(30)18-4-8-20(9-5-18)28-32(31)21-10-11-22(26-14-21)29-13-12-25-15-29/h2-3,6-7,10-16,18,20,28H,4-5,8-9H2,1H3,(H,27,30)/t16-,18-,20-,32?/m1/s1. The van der Waals surface area contributed by atoms with Gasteiger partial charge in [0.25, 0.3) is 0 Å². The summed E-state index contributed by atoms with van der Waals surface area (Å²) in [4.78, 5) is 21.6. The molecule has 0 aliphatic heterocycles. The van der Waals surface area contributed by atoms with Crippen LogP contribution < -0.4 is 10.0 Å². The Balaban J connectivity index is 1.24. The Morgan fingerprint density at radius 3 is 2.56 bits per heavy atom. The fraction of sp³-hybridized carbons (Fsp3) is 0.348. The minimum atomic E-state index is -1.36. The molecule has 1 amide bonds. The molecule has 2 atom stereocenters. The summed E-state index contributed by atoms with van der Waals surface area (Å²) in [6, 6.07) is 9.68. The number of pyridine rings is 1. The molecule has 2 heterocycles. The summed E-state index contributed by atoms with van der Waals surface area (Å²) in [5.74, 6) is 0.367. The molecule has 1 fully saturated rings. The number of aromatic nitrogens is 3. The first-order chi connectivity index (χ1) is 15.5. The van der Waals surface area contributed by atoms with E-state index in [9.17, 15) is 13.7 Å². The lowest BCUT2D eigenvalue weighted by atomic mass is 9.85. The predicted molar refractivity (Wildman–Crippen MR) is 120 cm³/mol. The second-order valence-corrected chi connectivity index (χ2v) is 9.28. The van der Waals surface area contributed by atoms with Crippen LogP contribution >= 0.6 is 0 Å². The normalized spacial score (nSPS) is 20.5. The molecule has 3 aromatic rings. The van der Waals surface area contributed by atoms with Crippen LogP contribution in [-0.4, -0.2) is 31.0 Å². The zero-order chi connectivity index (χ0) is 22.5. The van der Waals surface area contributed by atoms with Gasteiger partial charge in [0.05, 0.1) is 29.6 Å². The fourth-order valence-electron chi connectivity index (χ4n) is 3.89. The summed E-state index contributed by atoms with van der Waals surface area (Å²) in [6.07, 6.45) is 9.75. The lowest BCUT2D eigenvalue weighted by molar-refractivity contribution is -0.126. The van der Waals surface area contributed by atoms with Crippen LogP contribution in [-0.2, 0) is 16.2 Å². The lowest BCUT2D eigenvalue weighted by Crippen LogP contribution is -2.41. The van der Waals surface area contributed by atoms with Crippen molar-refractivity contribution in [3.05, 3.63) is 72.7 Å². The van der Waals surface area contributed by atoms with Crippen LogP contribution in [0.15, 0.2) is 66.2 Å². The summed E-state index contributed by atoms with van der Waals surface area (Å²) in [6.45, 7) is 1.90. The highest BCUT2D eigenvalue weighted by Gasteiger charge is 2.29. The maximum atomic E-state index is 13.1. The number of carbonyl (C=O) groups excluding carboxylic acids is 1. The molecule has 168 valence electrons. The number of hydrogen-bond donors (Lipinski definition) is 2. The van der Waals surface area contributed by atoms with Gasteiger partial charge in [-0.1, -0.05) is 12.1 Å². The lowest BCUT2D eigenvalue weighted by Gasteiger charge is -2.29. The van der Waals surface area contributed by atoms with Crippen LogP contribution in [0.5, 0.6) is 0 Å². The van der Waals surface area contributed by atoms with E-state index in [4.69, 9.17) is 0 Å². The molecular formula is C23H26FN5O2S. The van der Waals surface area contributed by atoms with Crippen LogP contribution in [0.25, 0.3) is 5.82 Å². The van der Waals surface area contributed by atoms with Gasteiger partial charge in [-0.25, -0.2) is 14.4 Å². The highest BCUT2D eigenvalue weighted by molar-refractivity contribution is 7.89. The first-order valence-electron chi connectivity index (χ1n) is 10.7. The van der Waals surface area contributed by atoms with E-state index in [0.717, 1.165) is 31.2 Å². The van der Waals surface area contributed by atoms with Gasteiger partial charge < -0.3 is 9.87 Å². The quantitative estimate of drug-likeness (QED) is 0.532. The van der Waals surface area contributed by atoms with E-state index in [1.165, 1.54) is 12.1 Å². The van der Waals surface area contributed by atoms with E-state index in [0.29, 0.717) is 10.7 Å². The SMILES string of the molecule is C[C@@H](NC(=O)[C@H]1CC[C@H](N[S+]([O-])c2ccc(-n3ccnc3)nc2)CC1)c1ccc(F)cc1. The first-order valence-corrected chi connectivity index (χ1v) is 11.8. The van der Waals surface area contributed by atoms with Crippen LogP contribution in [0, 0.1) is 11.7 Å². The van der Waals surface area contributed by atoms with E-state index < -0.39 is 11.4 Å². The van der Waals surface area contributed by atoms with Gasteiger partial charge in [-0.15, -0.1) is 4.72 Å². The van der Waals surface area contributed by atoms with E-state index in [1.807, 2.05) is 6.92 Å². The van der Waals surface area contributed by atoms with E-state index in [1.54, 1.807) is 53.8 Å². The minimum Gasteiger partial charge on any atom is -0.593 e. The number of benzene rings is 1. The van der Waals surface area contributed by atoms with Gasteiger partial charge in [-0.2, -0.15) is 0 Å². The number of hydrogen-bond acceptors (Lipinski definition) is 5. The van der Waals surface area contributed by atoms with Crippen LogP contribution in [0.2, 0.25) is 0 Å². The second-order valence-electron chi connectivity index (χ2n) is 8.04. The van der Waals surface area contributed by atoms with Gasteiger partial charge in [0.1, 0.15) is 18.0 Å². The maximum Gasteiger partial charge on any atom is 0.223 e. The molecule has 0 radical (unpaired) electrons. The smallest absolute Gasteiger partial charge is 0.223 e. The van der Waals surface area contributed by atoms with E-state index in [2.05, 4.69) is 20.0 Å². The molecule has 0 saturated heterocycles. The van der Waals surface area contributed by atoms with Crippen molar-refractivity contribution in [1.29, 1.82) is 0 Å². The Morgan fingerprint density at radius 1 is 1.19 bits per heavy atom. The Kier molecular flexibility index (Phi) is 7.19. The van der Waals surface area contributed by atoms with Gasteiger partial charge in [0, 0.05) is 24.4 Å². The van der Waals surface area contributed by atoms with Crippen molar-refractivity contribution in [2.45, 2.75) is 49.6 Å². The van der Waals surface area contributed by atoms with Crippen LogP contribution in [0.1, 0.15) is 44.2 Å². The van der Waals surface area contributed by atoms with Gasteiger partial charge in [-0.05, 0) is 56.4 Å². The Bertz CT molecular complexity index is 1010. The Hall–Kier alpha value is -2.75. The largest absolute Gasteiger partial charge is 0.593 e. The molecule has 4 rings (SSSR count). The summed E-state index contributed by atoms with van der Waals surface area (Å²) < 4.78 is 30.7. The number of imidazole rings is 1. The molecule has 1 aromatic carbocycles. The zero-order valence-corrected chi connectivity index (χ0v) is 18.6. The van der Waals surface area contributed by atoms with E-state index >= 15 is 0 Å². The van der Waals surface area contributed by atoms with E-state index in [-0.39, 0.29) is 29.7 Å². The number of carbonyl (C=O) groups is 1. The molecule has 0 bridgehead atoms. The second kappa shape index (κ2) is 10.2. The van der Waals surface area contributed by atoms with Crippen molar-refractivity contribution in [2.75, 3.05) is 0 Å². The van der Waals surface area contributed by atoms with Crippen molar-refractivity contribution in [3.63, 3.8) is 0 Å². The number of nitrogens with one attached hydrogen (secondary N) is 2. The molecule has 1 saturated carbocycles. The average Bonchev–Trinajstić information content (AvgIpc) is 3.35. The molecule has 2 N–H and O–H groups in total. The molecule has 0 spiro atoms. The summed E-state index contributed by atoms with van der Waals surface area (Å²) in [7, 11) is 0. The van der Waals surface area contributed by atoms with Crippen molar-refractivity contribution in [3.8, 4) is 5.82 Å². The zero-order valence-electron chi connectivity index (χ0n) is 17.8. The van der Waals surface area contributed by atoms with Crippen molar-refractivity contribution in [1.82, 2.24) is 24.6 Å². The third-order valence-electron chi connectivity index (χ3n) is 5.80. The van der Waals surface area contributed by atoms with Gasteiger partial charge in [0.15, 0.2) is 4.90 Å². The summed E-state index contributed by atoms with van der Waals surface area (Å²) >= 11 is -1.36. The Morgan fingerprint density at radius 2 is 1.94 bits per heavy atom. The highest BCUT2D eigenvalue weighted by atomic mass is 32.2. The molecule has 1 aliphatic rings. The molecular weight excluding hydrogens is 429 g/mol. The van der Waals surface area contributed by atoms with Crippen molar-refractivity contribution >= 4 is 17.3 Å². The van der Waals surface area contributed by atoms with Crippen molar-refractivity contribution < 1.29 is 13.7 Å². The number of halogens is 1. The molecule has 2 aromatic heterocycles. The van der Waals surface area contributed by atoms with Crippen LogP contribution in [0.4, 0.5) is 4.39 Å². The molecule has 32 heavy (non-hydrogen) atoms. The van der Waals surface area contributed by atoms with Gasteiger partial charge >= 0.3 is 0 Å². The van der Waals surface area contributed by atoms with Crippen molar-refractivity contribution in [2.24, 2.45) is 5.92 Å². The molecule has 7 nitrogen and oxygen atoms in total. The third kappa shape index (κ3) is 5.53. The highest BCUT2D eigenvalue weighted by Crippen LogP contribution is 2.27. The third-order valence-corrected chi connectivity index (χ3v) is 7.02. The maximum absolute atomic E-state index is 13.1. The Labute approximate surface area is 189 Å².